The number of rotatable bonds is 5. The fraction of sp³-hybridized carbons (Fsp3) is 0.600. The van der Waals surface area contributed by atoms with Gasteiger partial charge < -0.3 is 5.73 Å². The molecule has 0 aliphatic heterocycles. The molecule has 1 unspecified atom stereocenters. The molecular weight excluding hydrogens is 198 g/mol. The Morgan fingerprint density at radius 2 is 2.38 bits per heavy atom. The molecule has 0 aromatic carbocycles. The van der Waals surface area contributed by atoms with Gasteiger partial charge in [-0.3, -0.25) is 0 Å². The topological polar surface area (TPSA) is 26.0 Å². The van der Waals surface area contributed by atoms with Crippen LogP contribution in [0.25, 0.3) is 0 Å². The first kappa shape index (κ1) is 11.1. The van der Waals surface area contributed by atoms with Crippen LogP contribution in [-0.2, 0) is 0 Å². The Morgan fingerprint density at radius 3 is 2.92 bits per heavy atom. The monoisotopic (exact) mass is 215 g/mol. The van der Waals surface area contributed by atoms with Gasteiger partial charge in [0, 0.05) is 16.7 Å². The lowest BCUT2D eigenvalue weighted by atomic mass is 10.2. The highest BCUT2D eigenvalue weighted by Crippen LogP contribution is 2.21. The quantitative estimate of drug-likeness (QED) is 0.763. The van der Waals surface area contributed by atoms with E-state index in [-0.39, 0.29) is 6.04 Å². The predicted octanol–water partition coefficient (Wildman–Crippen LogP) is 3.20. The zero-order chi connectivity index (χ0) is 9.68. The van der Waals surface area contributed by atoms with E-state index < -0.39 is 0 Å². The minimum atomic E-state index is 0.224. The van der Waals surface area contributed by atoms with Crippen LogP contribution in [0.4, 0.5) is 0 Å². The summed E-state index contributed by atoms with van der Waals surface area (Å²) in [4.78, 5) is 1.35. The van der Waals surface area contributed by atoms with Crippen LogP contribution < -0.4 is 5.73 Å². The van der Waals surface area contributed by atoms with Crippen molar-refractivity contribution in [1.29, 1.82) is 0 Å². The fourth-order valence-electron chi connectivity index (χ4n) is 1.11. The summed E-state index contributed by atoms with van der Waals surface area (Å²) in [6.45, 7) is 4.33. The van der Waals surface area contributed by atoms with E-state index >= 15 is 0 Å². The van der Waals surface area contributed by atoms with Crippen molar-refractivity contribution in [3.05, 3.63) is 21.9 Å². The van der Waals surface area contributed by atoms with Crippen LogP contribution in [-0.4, -0.2) is 11.5 Å². The van der Waals surface area contributed by atoms with Gasteiger partial charge in [-0.05, 0) is 36.1 Å². The molecule has 1 atom stereocenters. The van der Waals surface area contributed by atoms with Crippen molar-refractivity contribution in [1.82, 2.24) is 0 Å². The molecule has 0 radical (unpaired) electrons. The summed E-state index contributed by atoms with van der Waals surface area (Å²) in [5.41, 5.74) is 7.33. The molecule has 74 valence electrons. The van der Waals surface area contributed by atoms with E-state index in [0.717, 1.165) is 5.75 Å². The standard InChI is InChI=1S/C10H17NS2/c1-3-4-12-7-10(11)9-5-8(2)13-6-9/h5-6,10H,3-4,7,11H2,1-2H3. The van der Waals surface area contributed by atoms with Crippen LogP contribution in [0.3, 0.4) is 0 Å². The zero-order valence-corrected chi connectivity index (χ0v) is 9.88. The largest absolute Gasteiger partial charge is 0.323 e. The van der Waals surface area contributed by atoms with E-state index in [2.05, 4.69) is 25.3 Å². The summed E-state index contributed by atoms with van der Waals surface area (Å²) < 4.78 is 0. The van der Waals surface area contributed by atoms with E-state index in [1.807, 2.05) is 11.8 Å². The van der Waals surface area contributed by atoms with Crippen molar-refractivity contribution < 1.29 is 0 Å². The predicted molar refractivity (Wildman–Crippen MR) is 63.6 cm³/mol. The third-order valence-corrected chi connectivity index (χ3v) is 4.00. The summed E-state index contributed by atoms with van der Waals surface area (Å²) in [6.07, 6.45) is 1.24. The summed E-state index contributed by atoms with van der Waals surface area (Å²) in [6, 6.07) is 2.42. The molecule has 1 rings (SSSR count). The van der Waals surface area contributed by atoms with Gasteiger partial charge in [-0.15, -0.1) is 11.3 Å². The van der Waals surface area contributed by atoms with E-state index in [9.17, 15) is 0 Å². The number of thiophene rings is 1. The summed E-state index contributed by atoms with van der Waals surface area (Å²) >= 11 is 3.73. The highest BCUT2D eigenvalue weighted by atomic mass is 32.2. The normalized spacial score (nSPS) is 13.2. The number of nitrogens with two attached hydrogens (primary N) is 1. The van der Waals surface area contributed by atoms with Gasteiger partial charge >= 0.3 is 0 Å². The van der Waals surface area contributed by atoms with Crippen molar-refractivity contribution >= 4 is 23.1 Å². The average Bonchev–Trinajstić information content (AvgIpc) is 2.52. The molecule has 0 saturated heterocycles. The maximum Gasteiger partial charge on any atom is 0.0395 e. The number of aryl methyl sites for hydroxylation is 1. The molecule has 3 heteroatoms. The van der Waals surface area contributed by atoms with E-state index in [4.69, 9.17) is 5.73 Å². The molecular formula is C10H17NS2. The van der Waals surface area contributed by atoms with Gasteiger partial charge in [0.1, 0.15) is 0 Å². The van der Waals surface area contributed by atoms with Crippen LogP contribution in [0.15, 0.2) is 11.4 Å². The molecule has 0 spiro atoms. The second-order valence-corrected chi connectivity index (χ2v) is 5.44. The van der Waals surface area contributed by atoms with Crippen LogP contribution in [0.2, 0.25) is 0 Å². The Morgan fingerprint density at radius 1 is 1.62 bits per heavy atom. The lowest BCUT2D eigenvalue weighted by molar-refractivity contribution is 0.834. The first-order valence-electron chi connectivity index (χ1n) is 4.62. The smallest absolute Gasteiger partial charge is 0.0395 e. The fourth-order valence-corrected chi connectivity index (χ4v) is 2.78. The minimum Gasteiger partial charge on any atom is -0.323 e. The van der Waals surface area contributed by atoms with E-state index in [0.29, 0.717) is 0 Å². The first-order valence-corrected chi connectivity index (χ1v) is 6.65. The molecule has 1 nitrogen and oxygen atoms in total. The molecule has 0 amide bonds. The van der Waals surface area contributed by atoms with Gasteiger partial charge in [0.15, 0.2) is 0 Å². The Balaban J connectivity index is 2.35. The van der Waals surface area contributed by atoms with Crippen molar-refractivity contribution in [3.63, 3.8) is 0 Å². The number of thioether (sulfide) groups is 1. The Kier molecular flexibility index (Phi) is 4.84. The highest BCUT2D eigenvalue weighted by molar-refractivity contribution is 7.99. The minimum absolute atomic E-state index is 0.224. The average molecular weight is 215 g/mol. The summed E-state index contributed by atoms with van der Waals surface area (Å²) in [5, 5.41) is 2.17. The highest BCUT2D eigenvalue weighted by Gasteiger charge is 2.06. The second-order valence-electron chi connectivity index (χ2n) is 3.17. The third-order valence-electron chi connectivity index (χ3n) is 1.82. The van der Waals surface area contributed by atoms with Gasteiger partial charge in [0.2, 0.25) is 0 Å². The van der Waals surface area contributed by atoms with E-state index in [1.54, 1.807) is 11.3 Å². The van der Waals surface area contributed by atoms with Crippen LogP contribution in [0.1, 0.15) is 29.8 Å². The van der Waals surface area contributed by atoms with Gasteiger partial charge in [-0.1, -0.05) is 6.92 Å². The molecule has 1 aromatic rings. The van der Waals surface area contributed by atoms with Crippen LogP contribution in [0.5, 0.6) is 0 Å². The maximum atomic E-state index is 6.03. The first-order chi connectivity index (χ1) is 6.24. The molecule has 0 aliphatic rings. The molecule has 0 aliphatic carbocycles. The Hall–Kier alpha value is 0.0100. The molecule has 0 fully saturated rings. The van der Waals surface area contributed by atoms with Gasteiger partial charge in [-0.25, -0.2) is 0 Å². The van der Waals surface area contributed by atoms with Gasteiger partial charge in [0.25, 0.3) is 0 Å². The molecule has 0 bridgehead atoms. The van der Waals surface area contributed by atoms with Crippen molar-refractivity contribution in [2.24, 2.45) is 5.73 Å². The number of hydrogen-bond acceptors (Lipinski definition) is 3. The SMILES string of the molecule is CCCSCC(N)c1csc(C)c1. The Bertz CT molecular complexity index is 245. The third kappa shape index (κ3) is 3.71. The van der Waals surface area contributed by atoms with Crippen LogP contribution in [0, 0.1) is 6.92 Å². The summed E-state index contributed by atoms with van der Waals surface area (Å²) in [7, 11) is 0. The van der Waals surface area contributed by atoms with Crippen LogP contribution >= 0.6 is 23.1 Å². The lowest BCUT2D eigenvalue weighted by Gasteiger charge is -2.08. The Labute approximate surface area is 88.7 Å². The maximum absolute atomic E-state index is 6.03. The van der Waals surface area contributed by atoms with Crippen molar-refractivity contribution in [3.8, 4) is 0 Å². The number of hydrogen-bond donors (Lipinski definition) is 1. The van der Waals surface area contributed by atoms with Gasteiger partial charge in [0.05, 0.1) is 0 Å². The lowest BCUT2D eigenvalue weighted by Crippen LogP contribution is -2.12. The molecule has 0 saturated carbocycles. The zero-order valence-electron chi connectivity index (χ0n) is 8.25. The van der Waals surface area contributed by atoms with Crippen molar-refractivity contribution in [2.45, 2.75) is 26.3 Å². The second kappa shape index (κ2) is 5.68. The molecule has 2 N–H and O–H groups in total. The van der Waals surface area contributed by atoms with Crippen molar-refractivity contribution in [2.75, 3.05) is 11.5 Å². The van der Waals surface area contributed by atoms with Gasteiger partial charge in [-0.2, -0.15) is 11.8 Å². The summed E-state index contributed by atoms with van der Waals surface area (Å²) in [5.74, 6) is 2.26. The van der Waals surface area contributed by atoms with E-state index in [1.165, 1.54) is 22.6 Å². The molecule has 13 heavy (non-hydrogen) atoms. The molecule has 1 heterocycles. The molecule has 1 aromatic heterocycles.